The van der Waals surface area contributed by atoms with Gasteiger partial charge in [0.05, 0.1) is 16.9 Å². The van der Waals surface area contributed by atoms with E-state index in [4.69, 9.17) is 5.11 Å². The van der Waals surface area contributed by atoms with Gasteiger partial charge in [-0.15, -0.1) is 0 Å². The number of sulfone groups is 1. The summed E-state index contributed by atoms with van der Waals surface area (Å²) in [6, 6.07) is 0. The van der Waals surface area contributed by atoms with Crippen molar-refractivity contribution in [1.29, 1.82) is 0 Å². The monoisotopic (exact) mass is 220 g/mol. The van der Waals surface area contributed by atoms with Gasteiger partial charge in [0.25, 0.3) is 0 Å². The lowest BCUT2D eigenvalue weighted by Gasteiger charge is -2.20. The van der Waals surface area contributed by atoms with E-state index in [0.29, 0.717) is 0 Å². The molecule has 1 rings (SSSR count). The van der Waals surface area contributed by atoms with Gasteiger partial charge in [0.2, 0.25) is 0 Å². The smallest absolute Gasteiger partial charge is 0.311 e. The quantitative estimate of drug-likeness (QED) is 0.714. The molecule has 6 heteroatoms. The SMILES string of the molecule is CC(=O)CC1(C(=O)O)CCS(=O)(=O)C1. The van der Waals surface area contributed by atoms with Crippen molar-refractivity contribution >= 4 is 21.6 Å². The second kappa shape index (κ2) is 3.34. The van der Waals surface area contributed by atoms with E-state index in [1.165, 1.54) is 6.92 Å². The number of Topliss-reactive ketones (excluding diaryl/α,β-unsaturated/α-hetero) is 1. The van der Waals surface area contributed by atoms with Crippen LogP contribution in [0.2, 0.25) is 0 Å². The van der Waals surface area contributed by atoms with Crippen LogP contribution in [0, 0.1) is 5.41 Å². The molecule has 0 bridgehead atoms. The molecule has 0 aromatic heterocycles. The van der Waals surface area contributed by atoms with Crippen molar-refractivity contribution in [1.82, 2.24) is 0 Å². The Kier molecular flexibility index (Phi) is 2.67. The predicted molar refractivity (Wildman–Crippen MR) is 48.6 cm³/mol. The minimum atomic E-state index is -3.28. The van der Waals surface area contributed by atoms with Crippen LogP contribution in [0.25, 0.3) is 0 Å². The van der Waals surface area contributed by atoms with E-state index in [-0.39, 0.29) is 24.4 Å². The number of hydrogen-bond donors (Lipinski definition) is 1. The van der Waals surface area contributed by atoms with Gasteiger partial charge in [0.15, 0.2) is 9.84 Å². The largest absolute Gasteiger partial charge is 0.481 e. The van der Waals surface area contributed by atoms with Crippen LogP contribution in [0.15, 0.2) is 0 Å². The molecule has 1 saturated heterocycles. The summed E-state index contributed by atoms with van der Waals surface area (Å²) in [4.78, 5) is 21.8. The molecular formula is C8H12O5S. The average molecular weight is 220 g/mol. The van der Waals surface area contributed by atoms with Crippen molar-refractivity contribution < 1.29 is 23.1 Å². The van der Waals surface area contributed by atoms with Gasteiger partial charge in [-0.05, 0) is 13.3 Å². The molecule has 1 N–H and O–H groups in total. The van der Waals surface area contributed by atoms with Crippen LogP contribution in [0.3, 0.4) is 0 Å². The number of ketones is 1. The molecular weight excluding hydrogens is 208 g/mol. The Bertz CT molecular complexity index is 369. The topological polar surface area (TPSA) is 88.5 Å². The summed E-state index contributed by atoms with van der Waals surface area (Å²) in [5, 5.41) is 8.93. The van der Waals surface area contributed by atoms with Gasteiger partial charge in [-0.2, -0.15) is 0 Å². The molecule has 1 heterocycles. The van der Waals surface area contributed by atoms with Crippen molar-refractivity contribution in [3.8, 4) is 0 Å². The summed E-state index contributed by atoms with van der Waals surface area (Å²) in [6.07, 6.45) is -0.147. The summed E-state index contributed by atoms with van der Waals surface area (Å²) in [5.41, 5.74) is -1.37. The van der Waals surface area contributed by atoms with E-state index in [1.54, 1.807) is 0 Å². The lowest BCUT2D eigenvalue weighted by Crippen LogP contribution is -2.34. The van der Waals surface area contributed by atoms with Crippen LogP contribution in [0.1, 0.15) is 19.8 Å². The van der Waals surface area contributed by atoms with Crippen molar-refractivity contribution in [2.45, 2.75) is 19.8 Å². The molecule has 80 valence electrons. The Morgan fingerprint density at radius 2 is 2.00 bits per heavy atom. The first-order valence-electron chi connectivity index (χ1n) is 4.21. The van der Waals surface area contributed by atoms with Crippen LogP contribution in [-0.2, 0) is 19.4 Å². The van der Waals surface area contributed by atoms with E-state index in [9.17, 15) is 18.0 Å². The Morgan fingerprint density at radius 1 is 1.43 bits per heavy atom. The first kappa shape index (κ1) is 11.2. The van der Waals surface area contributed by atoms with Crippen LogP contribution in [0.4, 0.5) is 0 Å². The van der Waals surface area contributed by atoms with Crippen molar-refractivity contribution in [2.24, 2.45) is 5.41 Å². The van der Waals surface area contributed by atoms with E-state index >= 15 is 0 Å². The van der Waals surface area contributed by atoms with Crippen LogP contribution < -0.4 is 0 Å². The number of carbonyl (C=O) groups excluding carboxylic acids is 1. The maximum atomic E-state index is 11.2. The molecule has 14 heavy (non-hydrogen) atoms. The fraction of sp³-hybridized carbons (Fsp3) is 0.750. The van der Waals surface area contributed by atoms with E-state index in [1.807, 2.05) is 0 Å². The minimum Gasteiger partial charge on any atom is -0.481 e. The molecule has 0 radical (unpaired) electrons. The number of carboxylic acids is 1. The Balaban J connectivity index is 2.97. The highest BCUT2D eigenvalue weighted by molar-refractivity contribution is 7.91. The fourth-order valence-corrected chi connectivity index (χ4v) is 3.83. The number of carbonyl (C=O) groups is 2. The molecule has 0 aromatic carbocycles. The zero-order valence-corrected chi connectivity index (χ0v) is 8.63. The molecule has 1 aliphatic rings. The van der Waals surface area contributed by atoms with Gasteiger partial charge in [-0.25, -0.2) is 8.42 Å². The van der Waals surface area contributed by atoms with Crippen LogP contribution in [-0.4, -0.2) is 36.8 Å². The predicted octanol–water partition coefficient (Wildman–Crippen LogP) is -0.145. The van der Waals surface area contributed by atoms with E-state index < -0.39 is 27.0 Å². The molecule has 1 unspecified atom stereocenters. The molecule has 0 amide bonds. The van der Waals surface area contributed by atoms with Crippen molar-refractivity contribution in [3.63, 3.8) is 0 Å². The second-order valence-corrected chi connectivity index (χ2v) is 5.99. The molecule has 0 aliphatic carbocycles. The number of rotatable bonds is 3. The Hall–Kier alpha value is -0.910. The maximum Gasteiger partial charge on any atom is 0.311 e. The number of hydrogen-bond acceptors (Lipinski definition) is 4. The summed E-state index contributed by atoms with van der Waals surface area (Å²) < 4.78 is 22.3. The average Bonchev–Trinajstić information content (AvgIpc) is 2.26. The molecule has 0 aromatic rings. The number of carboxylic acid groups (broad SMARTS) is 1. The zero-order valence-electron chi connectivity index (χ0n) is 7.82. The summed E-state index contributed by atoms with van der Waals surface area (Å²) >= 11 is 0. The third kappa shape index (κ3) is 2.12. The van der Waals surface area contributed by atoms with Crippen LogP contribution >= 0.6 is 0 Å². The zero-order chi connectivity index (χ0) is 11.0. The highest BCUT2D eigenvalue weighted by Crippen LogP contribution is 2.36. The minimum absolute atomic E-state index is 0.0459. The first-order chi connectivity index (χ1) is 6.27. The van der Waals surface area contributed by atoms with E-state index in [0.717, 1.165) is 0 Å². The summed E-state index contributed by atoms with van der Waals surface area (Å²) in [5.74, 6) is -2.01. The maximum absolute atomic E-state index is 11.2. The van der Waals surface area contributed by atoms with Gasteiger partial charge in [0.1, 0.15) is 5.78 Å². The summed E-state index contributed by atoms with van der Waals surface area (Å²) in [7, 11) is -3.28. The third-order valence-corrected chi connectivity index (χ3v) is 4.25. The molecule has 0 saturated carbocycles. The van der Waals surface area contributed by atoms with Gasteiger partial charge >= 0.3 is 5.97 Å². The van der Waals surface area contributed by atoms with Gasteiger partial charge in [-0.1, -0.05) is 0 Å². The molecule has 1 atom stereocenters. The van der Waals surface area contributed by atoms with Crippen molar-refractivity contribution in [3.05, 3.63) is 0 Å². The normalized spacial score (nSPS) is 30.1. The summed E-state index contributed by atoms with van der Waals surface area (Å²) in [6.45, 7) is 1.27. The highest BCUT2D eigenvalue weighted by atomic mass is 32.2. The highest BCUT2D eigenvalue weighted by Gasteiger charge is 2.48. The molecule has 0 spiro atoms. The lowest BCUT2D eigenvalue weighted by atomic mass is 9.83. The number of aliphatic carboxylic acids is 1. The molecule has 1 fully saturated rings. The standard InChI is InChI=1S/C8H12O5S/c1-6(9)4-8(7(10)11)2-3-14(12,13)5-8/h2-5H2,1H3,(H,10,11). The lowest BCUT2D eigenvalue weighted by molar-refractivity contribution is -0.149. The Labute approximate surface area is 82.0 Å². The van der Waals surface area contributed by atoms with E-state index in [2.05, 4.69) is 0 Å². The molecule has 5 nitrogen and oxygen atoms in total. The Morgan fingerprint density at radius 3 is 2.29 bits per heavy atom. The molecule has 1 aliphatic heterocycles. The van der Waals surface area contributed by atoms with Crippen molar-refractivity contribution in [2.75, 3.05) is 11.5 Å². The van der Waals surface area contributed by atoms with Gasteiger partial charge in [-0.3, -0.25) is 9.59 Å². The fourth-order valence-electron chi connectivity index (χ4n) is 1.78. The van der Waals surface area contributed by atoms with Gasteiger partial charge in [0, 0.05) is 6.42 Å². The first-order valence-corrected chi connectivity index (χ1v) is 6.03. The third-order valence-electron chi connectivity index (χ3n) is 2.43. The van der Waals surface area contributed by atoms with Gasteiger partial charge < -0.3 is 5.11 Å². The second-order valence-electron chi connectivity index (χ2n) is 3.81. The van der Waals surface area contributed by atoms with Crippen LogP contribution in [0.5, 0.6) is 0 Å².